The quantitative estimate of drug-likeness (QED) is 0.843. The maximum absolute atomic E-state index is 12.2. The van der Waals surface area contributed by atoms with Crippen LogP contribution in [-0.2, 0) is 4.74 Å². The van der Waals surface area contributed by atoms with Crippen molar-refractivity contribution in [2.45, 2.75) is 25.6 Å². The van der Waals surface area contributed by atoms with E-state index in [4.69, 9.17) is 27.9 Å². The Morgan fingerprint density at radius 2 is 2.19 bits per heavy atom. The normalized spacial score (nSPS) is 23.2. The number of halogens is 2. The Kier molecular flexibility index (Phi) is 6.02. The molecule has 1 saturated heterocycles. The third-order valence-electron chi connectivity index (χ3n) is 3.51. The van der Waals surface area contributed by atoms with Crippen LogP contribution in [0.5, 0.6) is 0 Å². The molecule has 0 radical (unpaired) electrons. The Morgan fingerprint density at radius 1 is 1.43 bits per heavy atom. The van der Waals surface area contributed by atoms with Gasteiger partial charge in [0.05, 0.1) is 28.9 Å². The highest BCUT2D eigenvalue weighted by atomic mass is 35.5. The molecular weight excluding hydrogens is 313 g/mol. The second-order valence-corrected chi connectivity index (χ2v) is 6.07. The first-order chi connectivity index (χ1) is 10.0. The number of ether oxygens (including phenoxy) is 1. The summed E-state index contributed by atoms with van der Waals surface area (Å²) in [7, 11) is 0. The summed E-state index contributed by atoms with van der Waals surface area (Å²) in [5.74, 6) is -0.0257. The van der Waals surface area contributed by atoms with Crippen LogP contribution in [0.15, 0.2) is 18.2 Å². The van der Waals surface area contributed by atoms with Crippen molar-refractivity contribution in [2.75, 3.05) is 26.2 Å². The van der Waals surface area contributed by atoms with E-state index in [9.17, 15) is 9.90 Å². The monoisotopic (exact) mass is 331 g/mol. The molecule has 1 aliphatic heterocycles. The van der Waals surface area contributed by atoms with Gasteiger partial charge in [-0.1, -0.05) is 29.3 Å². The minimum atomic E-state index is -0.182. The second kappa shape index (κ2) is 7.56. The molecule has 116 valence electrons. The summed E-state index contributed by atoms with van der Waals surface area (Å²) in [6, 6.07) is 5.07. The third kappa shape index (κ3) is 4.41. The zero-order chi connectivity index (χ0) is 15.4. The number of aliphatic hydroxyl groups excluding tert-OH is 1. The molecule has 6 heteroatoms. The van der Waals surface area contributed by atoms with Gasteiger partial charge in [0, 0.05) is 31.6 Å². The van der Waals surface area contributed by atoms with Crippen LogP contribution in [0.1, 0.15) is 23.7 Å². The molecule has 0 amide bonds. The first kappa shape index (κ1) is 16.7. The molecule has 21 heavy (non-hydrogen) atoms. The van der Waals surface area contributed by atoms with Crippen LogP contribution in [0, 0.1) is 0 Å². The van der Waals surface area contributed by atoms with Crippen molar-refractivity contribution in [3.05, 3.63) is 33.8 Å². The molecule has 1 aromatic carbocycles. The predicted octanol–water partition coefficient (Wildman–Crippen LogP) is 2.65. The van der Waals surface area contributed by atoms with Gasteiger partial charge in [-0.3, -0.25) is 9.69 Å². The van der Waals surface area contributed by atoms with Gasteiger partial charge in [-0.15, -0.1) is 0 Å². The van der Waals surface area contributed by atoms with Crippen LogP contribution in [-0.4, -0.2) is 54.2 Å². The standard InChI is InChI=1S/C15H19Cl2NO3/c1-10-7-18(8-11(9-19)21-10)6-5-14(20)12-3-2-4-13(16)15(12)17/h2-4,10-11,19H,5-9H2,1H3. The molecule has 0 aliphatic carbocycles. The minimum Gasteiger partial charge on any atom is -0.394 e. The highest BCUT2D eigenvalue weighted by molar-refractivity contribution is 6.43. The van der Waals surface area contributed by atoms with E-state index >= 15 is 0 Å². The highest BCUT2D eigenvalue weighted by Crippen LogP contribution is 2.26. The lowest BCUT2D eigenvalue weighted by Crippen LogP contribution is -2.48. The molecule has 1 heterocycles. The summed E-state index contributed by atoms with van der Waals surface area (Å²) in [6.45, 7) is 3.97. The van der Waals surface area contributed by atoms with E-state index in [1.54, 1.807) is 18.2 Å². The van der Waals surface area contributed by atoms with Crippen molar-refractivity contribution >= 4 is 29.0 Å². The number of nitrogens with zero attached hydrogens (tertiary/aromatic N) is 1. The smallest absolute Gasteiger partial charge is 0.165 e. The molecule has 2 unspecified atom stereocenters. The summed E-state index contributed by atoms with van der Waals surface area (Å²) < 4.78 is 5.58. The molecular formula is C15H19Cl2NO3. The largest absolute Gasteiger partial charge is 0.394 e. The van der Waals surface area contributed by atoms with E-state index < -0.39 is 0 Å². The minimum absolute atomic E-state index is 0.00505. The van der Waals surface area contributed by atoms with E-state index in [1.807, 2.05) is 6.92 Å². The maximum atomic E-state index is 12.2. The second-order valence-electron chi connectivity index (χ2n) is 5.29. The molecule has 0 bridgehead atoms. The van der Waals surface area contributed by atoms with Crippen LogP contribution < -0.4 is 0 Å². The fourth-order valence-electron chi connectivity index (χ4n) is 2.54. The maximum Gasteiger partial charge on any atom is 0.165 e. The number of carbonyl (C=O) groups excluding carboxylic acids is 1. The summed E-state index contributed by atoms with van der Waals surface area (Å²) in [5, 5.41) is 9.90. The van der Waals surface area contributed by atoms with Gasteiger partial charge in [0.25, 0.3) is 0 Å². The number of aliphatic hydroxyl groups is 1. The Bertz CT molecular complexity index is 510. The molecule has 0 aromatic heterocycles. The lowest BCUT2D eigenvalue weighted by Gasteiger charge is -2.35. The van der Waals surface area contributed by atoms with Crippen molar-refractivity contribution in [1.82, 2.24) is 4.90 Å². The first-order valence-corrected chi connectivity index (χ1v) is 7.72. The van der Waals surface area contributed by atoms with Crippen LogP contribution in [0.25, 0.3) is 0 Å². The Labute approximate surface area is 134 Å². The highest BCUT2D eigenvalue weighted by Gasteiger charge is 2.25. The molecule has 4 nitrogen and oxygen atoms in total. The van der Waals surface area contributed by atoms with E-state index in [0.29, 0.717) is 35.1 Å². The number of benzene rings is 1. The Morgan fingerprint density at radius 3 is 2.90 bits per heavy atom. The van der Waals surface area contributed by atoms with Crippen molar-refractivity contribution in [3.63, 3.8) is 0 Å². The molecule has 2 atom stereocenters. The van der Waals surface area contributed by atoms with Crippen LogP contribution in [0.4, 0.5) is 0 Å². The molecule has 1 fully saturated rings. The third-order valence-corrected chi connectivity index (χ3v) is 4.33. The number of carbonyl (C=O) groups is 1. The van der Waals surface area contributed by atoms with Crippen molar-refractivity contribution in [1.29, 1.82) is 0 Å². The van der Waals surface area contributed by atoms with Gasteiger partial charge >= 0.3 is 0 Å². The molecule has 0 saturated carbocycles. The fraction of sp³-hybridized carbons (Fsp3) is 0.533. The molecule has 1 aromatic rings. The van der Waals surface area contributed by atoms with Gasteiger partial charge in [0.15, 0.2) is 5.78 Å². The fourth-order valence-corrected chi connectivity index (χ4v) is 2.94. The average molecular weight is 332 g/mol. The predicted molar refractivity (Wildman–Crippen MR) is 83.3 cm³/mol. The van der Waals surface area contributed by atoms with Gasteiger partial charge < -0.3 is 9.84 Å². The van der Waals surface area contributed by atoms with Crippen LogP contribution in [0.2, 0.25) is 10.0 Å². The Hall–Kier alpha value is -0.650. The summed E-state index contributed by atoms with van der Waals surface area (Å²) >= 11 is 12.0. The van der Waals surface area contributed by atoms with Crippen molar-refractivity contribution < 1.29 is 14.6 Å². The number of rotatable bonds is 5. The van der Waals surface area contributed by atoms with E-state index in [0.717, 1.165) is 6.54 Å². The van der Waals surface area contributed by atoms with Gasteiger partial charge in [0.2, 0.25) is 0 Å². The molecule has 1 N–H and O–H groups in total. The number of Topliss-reactive ketones (excluding diaryl/α,β-unsaturated/α-hetero) is 1. The van der Waals surface area contributed by atoms with Gasteiger partial charge in [0.1, 0.15) is 0 Å². The van der Waals surface area contributed by atoms with Gasteiger partial charge in [-0.05, 0) is 19.1 Å². The topological polar surface area (TPSA) is 49.8 Å². The number of ketones is 1. The van der Waals surface area contributed by atoms with Crippen LogP contribution in [0.3, 0.4) is 0 Å². The molecule has 0 spiro atoms. The summed E-state index contributed by atoms with van der Waals surface area (Å²) in [4.78, 5) is 14.4. The number of morpholine rings is 1. The van der Waals surface area contributed by atoms with Crippen LogP contribution >= 0.6 is 23.2 Å². The SMILES string of the molecule is CC1CN(CCC(=O)c2cccc(Cl)c2Cl)CC(CO)O1. The number of hydrogen-bond acceptors (Lipinski definition) is 4. The number of hydrogen-bond donors (Lipinski definition) is 1. The van der Waals surface area contributed by atoms with E-state index in [1.165, 1.54) is 0 Å². The zero-order valence-corrected chi connectivity index (χ0v) is 13.4. The van der Waals surface area contributed by atoms with Gasteiger partial charge in [-0.2, -0.15) is 0 Å². The molecule has 2 rings (SSSR count). The van der Waals surface area contributed by atoms with E-state index in [-0.39, 0.29) is 24.6 Å². The first-order valence-electron chi connectivity index (χ1n) is 6.97. The van der Waals surface area contributed by atoms with E-state index in [2.05, 4.69) is 4.90 Å². The summed E-state index contributed by atoms with van der Waals surface area (Å²) in [5.41, 5.74) is 0.462. The Balaban J connectivity index is 1.93. The average Bonchev–Trinajstić information content (AvgIpc) is 2.47. The van der Waals surface area contributed by atoms with Gasteiger partial charge in [-0.25, -0.2) is 0 Å². The molecule has 1 aliphatic rings. The lowest BCUT2D eigenvalue weighted by molar-refractivity contribution is -0.0947. The summed E-state index contributed by atoms with van der Waals surface area (Å²) in [6.07, 6.45) is 0.240. The van der Waals surface area contributed by atoms with Crippen molar-refractivity contribution in [2.24, 2.45) is 0 Å². The zero-order valence-electron chi connectivity index (χ0n) is 11.9. The van der Waals surface area contributed by atoms with Crippen molar-refractivity contribution in [3.8, 4) is 0 Å². The lowest BCUT2D eigenvalue weighted by atomic mass is 10.1.